The quantitative estimate of drug-likeness (QED) is 0.521. The van der Waals surface area contributed by atoms with Crippen molar-refractivity contribution >= 4 is 5.97 Å². The van der Waals surface area contributed by atoms with Crippen LogP contribution in [0, 0.1) is 23.2 Å². The Hall–Kier alpha value is -1.77. The van der Waals surface area contributed by atoms with Crippen LogP contribution in [-0.2, 0) is 16.1 Å². The number of hydrogen-bond acceptors (Lipinski definition) is 3. The Morgan fingerprint density at radius 2 is 2.00 bits per heavy atom. The SMILES string of the molecule is CC(C)=C[C@@H]1[C@@H](C(=O)OCc2cccc(OCC(C)C)c2)C1(C)C. The highest BCUT2D eigenvalue weighted by Crippen LogP contribution is 2.59. The third-order valence-electron chi connectivity index (χ3n) is 4.54. The lowest BCUT2D eigenvalue weighted by atomic mass is 10.1. The van der Waals surface area contributed by atoms with Crippen LogP contribution in [0.4, 0.5) is 0 Å². The van der Waals surface area contributed by atoms with Crippen LogP contribution in [0.25, 0.3) is 0 Å². The molecule has 0 bridgehead atoms. The molecule has 2 atom stereocenters. The van der Waals surface area contributed by atoms with Crippen LogP contribution in [0.3, 0.4) is 0 Å². The van der Waals surface area contributed by atoms with Crippen molar-refractivity contribution in [3.63, 3.8) is 0 Å². The van der Waals surface area contributed by atoms with Crippen molar-refractivity contribution in [1.82, 2.24) is 0 Å². The van der Waals surface area contributed by atoms with Crippen molar-refractivity contribution in [3.05, 3.63) is 41.5 Å². The van der Waals surface area contributed by atoms with E-state index in [2.05, 4.69) is 47.6 Å². The fourth-order valence-electron chi connectivity index (χ4n) is 3.03. The standard InChI is InChI=1S/C21H30O3/c1-14(2)10-18-19(21(18,5)6)20(22)24-13-16-8-7-9-17(11-16)23-12-15(3)4/h7-11,15,18-19H,12-13H2,1-6H3/t18-,19+/m1/s1. The van der Waals surface area contributed by atoms with E-state index in [4.69, 9.17) is 9.47 Å². The summed E-state index contributed by atoms with van der Waals surface area (Å²) >= 11 is 0. The second kappa shape index (κ2) is 7.42. The van der Waals surface area contributed by atoms with E-state index in [1.807, 2.05) is 24.3 Å². The Bertz CT molecular complexity index is 609. The monoisotopic (exact) mass is 330 g/mol. The molecule has 1 aromatic rings. The third-order valence-corrected chi connectivity index (χ3v) is 4.54. The number of hydrogen-bond donors (Lipinski definition) is 0. The predicted molar refractivity (Wildman–Crippen MR) is 96.8 cm³/mol. The number of benzene rings is 1. The lowest BCUT2D eigenvalue weighted by Gasteiger charge is -2.10. The van der Waals surface area contributed by atoms with Gasteiger partial charge in [-0.15, -0.1) is 0 Å². The van der Waals surface area contributed by atoms with Gasteiger partial charge >= 0.3 is 5.97 Å². The molecule has 1 aliphatic carbocycles. The summed E-state index contributed by atoms with van der Waals surface area (Å²) in [7, 11) is 0. The van der Waals surface area contributed by atoms with Gasteiger partial charge in [0.1, 0.15) is 12.4 Å². The van der Waals surface area contributed by atoms with Gasteiger partial charge in [-0.3, -0.25) is 4.79 Å². The Kier molecular flexibility index (Phi) is 5.74. The normalized spacial score (nSPS) is 21.3. The molecule has 0 heterocycles. The Morgan fingerprint density at radius 3 is 2.62 bits per heavy atom. The molecule has 1 aliphatic rings. The first-order valence-electron chi connectivity index (χ1n) is 8.75. The van der Waals surface area contributed by atoms with Gasteiger partial charge in [0, 0.05) is 0 Å². The van der Waals surface area contributed by atoms with Crippen molar-refractivity contribution in [2.24, 2.45) is 23.2 Å². The van der Waals surface area contributed by atoms with Crippen LogP contribution in [0.5, 0.6) is 5.75 Å². The van der Waals surface area contributed by atoms with E-state index >= 15 is 0 Å². The second-order valence-corrected chi connectivity index (χ2v) is 8.03. The Morgan fingerprint density at radius 1 is 1.29 bits per heavy atom. The van der Waals surface area contributed by atoms with Gasteiger partial charge in [-0.05, 0) is 48.8 Å². The van der Waals surface area contributed by atoms with Crippen LogP contribution < -0.4 is 4.74 Å². The van der Waals surface area contributed by atoms with Crippen LogP contribution in [0.15, 0.2) is 35.9 Å². The average molecular weight is 330 g/mol. The number of allylic oxidation sites excluding steroid dienone is 2. The summed E-state index contributed by atoms with van der Waals surface area (Å²) in [6.45, 7) is 13.6. The maximum atomic E-state index is 12.4. The zero-order chi connectivity index (χ0) is 17.9. The molecule has 1 saturated carbocycles. The fraction of sp³-hybridized carbons (Fsp3) is 0.571. The average Bonchev–Trinajstić information content (AvgIpc) is 3.03. The summed E-state index contributed by atoms with van der Waals surface area (Å²) in [6.07, 6.45) is 2.19. The topological polar surface area (TPSA) is 35.5 Å². The van der Waals surface area contributed by atoms with Crippen molar-refractivity contribution in [2.75, 3.05) is 6.61 Å². The van der Waals surface area contributed by atoms with Gasteiger partial charge in [0.05, 0.1) is 12.5 Å². The van der Waals surface area contributed by atoms with Gasteiger partial charge in [-0.25, -0.2) is 0 Å². The molecule has 0 radical (unpaired) electrons. The van der Waals surface area contributed by atoms with Crippen LogP contribution >= 0.6 is 0 Å². The van der Waals surface area contributed by atoms with Gasteiger partial charge in [0.15, 0.2) is 0 Å². The molecular formula is C21H30O3. The summed E-state index contributed by atoms with van der Waals surface area (Å²) in [5.74, 6) is 1.46. The van der Waals surface area contributed by atoms with Crippen LogP contribution in [-0.4, -0.2) is 12.6 Å². The van der Waals surface area contributed by atoms with E-state index in [1.165, 1.54) is 5.57 Å². The summed E-state index contributed by atoms with van der Waals surface area (Å²) in [4.78, 5) is 12.4. The van der Waals surface area contributed by atoms with E-state index in [0.29, 0.717) is 19.1 Å². The maximum absolute atomic E-state index is 12.4. The molecule has 1 aromatic carbocycles. The Balaban J connectivity index is 1.91. The van der Waals surface area contributed by atoms with Crippen molar-refractivity contribution < 1.29 is 14.3 Å². The molecule has 132 valence electrons. The van der Waals surface area contributed by atoms with E-state index in [9.17, 15) is 4.79 Å². The van der Waals surface area contributed by atoms with Crippen molar-refractivity contribution in [3.8, 4) is 5.75 Å². The number of esters is 1. The molecule has 1 fully saturated rings. The largest absolute Gasteiger partial charge is 0.493 e. The smallest absolute Gasteiger partial charge is 0.310 e. The number of carbonyl (C=O) groups is 1. The summed E-state index contributed by atoms with van der Waals surface area (Å²) < 4.78 is 11.3. The lowest BCUT2D eigenvalue weighted by molar-refractivity contribution is -0.147. The minimum atomic E-state index is -0.101. The van der Waals surface area contributed by atoms with Crippen LogP contribution in [0.1, 0.15) is 47.1 Å². The molecule has 0 N–H and O–H groups in total. The van der Waals surface area contributed by atoms with Crippen LogP contribution in [0.2, 0.25) is 0 Å². The highest BCUT2D eigenvalue weighted by Gasteiger charge is 2.61. The first kappa shape index (κ1) is 18.6. The minimum absolute atomic E-state index is 0.00340. The third kappa shape index (κ3) is 4.62. The molecule has 0 aliphatic heterocycles. The maximum Gasteiger partial charge on any atom is 0.310 e. The van der Waals surface area contributed by atoms with Gasteiger partial charge in [0.25, 0.3) is 0 Å². The van der Waals surface area contributed by atoms with Gasteiger partial charge in [-0.1, -0.05) is 51.5 Å². The number of ether oxygens (including phenoxy) is 2. The minimum Gasteiger partial charge on any atom is -0.493 e. The fourth-order valence-corrected chi connectivity index (χ4v) is 3.03. The molecule has 3 nitrogen and oxygen atoms in total. The molecule has 0 saturated heterocycles. The molecule has 0 amide bonds. The zero-order valence-corrected chi connectivity index (χ0v) is 15.8. The van der Waals surface area contributed by atoms with E-state index < -0.39 is 0 Å². The van der Waals surface area contributed by atoms with Gasteiger partial charge in [-0.2, -0.15) is 0 Å². The van der Waals surface area contributed by atoms with Gasteiger partial charge in [0.2, 0.25) is 0 Å². The number of carbonyl (C=O) groups excluding carboxylic acids is 1. The predicted octanol–water partition coefficient (Wildman–Crippen LogP) is 5.00. The Labute approximate surface area is 146 Å². The molecule has 0 spiro atoms. The highest BCUT2D eigenvalue weighted by molar-refractivity contribution is 5.78. The summed E-state index contributed by atoms with van der Waals surface area (Å²) in [5, 5.41) is 0. The molecule has 2 rings (SSSR count). The van der Waals surface area contributed by atoms with Crippen molar-refractivity contribution in [1.29, 1.82) is 0 Å². The molecule has 3 heteroatoms. The van der Waals surface area contributed by atoms with E-state index in [1.54, 1.807) is 0 Å². The summed E-state index contributed by atoms with van der Waals surface area (Å²) in [5.41, 5.74) is 2.21. The number of rotatable bonds is 7. The van der Waals surface area contributed by atoms with Gasteiger partial charge < -0.3 is 9.47 Å². The molecular weight excluding hydrogens is 300 g/mol. The molecule has 24 heavy (non-hydrogen) atoms. The summed E-state index contributed by atoms with van der Waals surface area (Å²) in [6, 6.07) is 7.77. The first-order chi connectivity index (χ1) is 11.2. The lowest BCUT2D eigenvalue weighted by Crippen LogP contribution is -2.11. The highest BCUT2D eigenvalue weighted by atomic mass is 16.5. The first-order valence-corrected chi connectivity index (χ1v) is 8.75. The van der Waals surface area contributed by atoms with Crippen molar-refractivity contribution in [2.45, 2.75) is 48.1 Å². The molecule has 0 unspecified atom stereocenters. The van der Waals surface area contributed by atoms with E-state index in [-0.39, 0.29) is 23.2 Å². The zero-order valence-electron chi connectivity index (χ0n) is 15.8. The van der Waals surface area contributed by atoms with E-state index in [0.717, 1.165) is 11.3 Å². The second-order valence-electron chi connectivity index (χ2n) is 8.03. The molecule has 0 aromatic heterocycles.